The van der Waals surface area contributed by atoms with E-state index in [2.05, 4.69) is 23.3 Å². The molecule has 0 fully saturated rings. The normalized spacial score (nSPS) is 11.9. The number of benzene rings is 4. The number of sulfonamides is 1. The van der Waals surface area contributed by atoms with Crippen molar-refractivity contribution in [3.05, 3.63) is 101 Å². The van der Waals surface area contributed by atoms with E-state index in [-0.39, 0.29) is 10.7 Å². The fraction of sp³-hybridized carbons (Fsp3) is 0.273. The number of hydrogen-bond acceptors (Lipinski definition) is 5. The third-order valence-electron chi connectivity index (χ3n) is 8.06. The molecule has 43 heavy (non-hydrogen) atoms. The monoisotopic (exact) mass is 616 g/mol. The summed E-state index contributed by atoms with van der Waals surface area (Å²) in [6.07, 6.45) is 1.48. The molecule has 10 heteroatoms. The lowest BCUT2D eigenvalue weighted by atomic mass is 10.1. The van der Waals surface area contributed by atoms with Gasteiger partial charge in [-0.25, -0.2) is 13.4 Å². The Morgan fingerprint density at radius 3 is 2.33 bits per heavy atom. The zero-order valence-corrected chi connectivity index (χ0v) is 26.3. The third-order valence-corrected chi connectivity index (χ3v) is 10.3. The summed E-state index contributed by atoms with van der Waals surface area (Å²) >= 11 is 6.44. The van der Waals surface area contributed by atoms with E-state index in [1.807, 2.05) is 55.6 Å². The summed E-state index contributed by atoms with van der Waals surface area (Å²) in [5.41, 5.74) is 9.66. The van der Waals surface area contributed by atoms with E-state index in [0.717, 1.165) is 41.9 Å². The summed E-state index contributed by atoms with van der Waals surface area (Å²) in [4.78, 5) is 7.36. The van der Waals surface area contributed by atoms with Gasteiger partial charge in [-0.05, 0) is 55.4 Å². The molecule has 1 heterocycles. The molecule has 8 nitrogen and oxygen atoms in total. The molecule has 0 saturated carbocycles. The molecule has 1 aromatic heterocycles. The summed E-state index contributed by atoms with van der Waals surface area (Å²) in [7, 11) is -1.96. The number of aromatic nitrogens is 2. The number of hydrogen-bond donors (Lipinski definition) is 2. The first-order valence-corrected chi connectivity index (χ1v) is 16.3. The molecule has 0 unspecified atom stereocenters. The van der Waals surface area contributed by atoms with Crippen molar-refractivity contribution in [1.29, 1.82) is 5.41 Å². The largest absolute Gasteiger partial charge is 0.384 e. The van der Waals surface area contributed by atoms with Gasteiger partial charge in [-0.3, -0.25) is 9.71 Å². The van der Waals surface area contributed by atoms with Crippen molar-refractivity contribution in [1.82, 2.24) is 14.5 Å². The van der Waals surface area contributed by atoms with Gasteiger partial charge in [0.25, 0.3) is 10.0 Å². The number of nitrogen functional groups attached to an aromatic ring is 1. The van der Waals surface area contributed by atoms with Crippen molar-refractivity contribution < 1.29 is 8.42 Å². The molecule has 0 radical (unpaired) electrons. The van der Waals surface area contributed by atoms with Crippen LogP contribution in [0, 0.1) is 5.41 Å². The molecule has 0 bridgehead atoms. The molecular formula is C33H37ClN6O2S. The van der Waals surface area contributed by atoms with Crippen molar-refractivity contribution in [2.75, 3.05) is 30.5 Å². The first-order chi connectivity index (χ1) is 20.6. The van der Waals surface area contributed by atoms with Gasteiger partial charge in [0.2, 0.25) is 0 Å². The molecule has 0 aliphatic heterocycles. The van der Waals surface area contributed by atoms with E-state index in [1.165, 1.54) is 4.31 Å². The van der Waals surface area contributed by atoms with Crippen LogP contribution >= 0.6 is 11.6 Å². The summed E-state index contributed by atoms with van der Waals surface area (Å²) in [6.45, 7) is 6.69. The molecular weight excluding hydrogens is 580 g/mol. The molecule has 0 spiro atoms. The SMILES string of the molecule is CCN(CC)CCN(c1ccc2c(c1)nc(CCc1ccc(C(=N)N)cc1)n2C)S(=O)(=O)c1cccc2c(Cl)cccc12. The van der Waals surface area contributed by atoms with Gasteiger partial charge in [0, 0.05) is 47.9 Å². The molecule has 224 valence electrons. The fourth-order valence-electron chi connectivity index (χ4n) is 5.47. The van der Waals surface area contributed by atoms with Crippen LogP contribution in [0.25, 0.3) is 21.8 Å². The van der Waals surface area contributed by atoms with Crippen LogP contribution in [-0.4, -0.2) is 54.9 Å². The Bertz CT molecular complexity index is 1880. The topological polar surface area (TPSA) is 108 Å². The first-order valence-electron chi connectivity index (χ1n) is 14.4. The number of likely N-dealkylation sites (N-methyl/N-ethyl adjacent to an activating group) is 1. The summed E-state index contributed by atoms with van der Waals surface area (Å²) < 4.78 is 32.4. The van der Waals surface area contributed by atoms with E-state index in [0.29, 0.717) is 46.6 Å². The second kappa shape index (κ2) is 12.8. The highest BCUT2D eigenvalue weighted by Gasteiger charge is 2.28. The molecule has 4 aromatic carbocycles. The average molecular weight is 617 g/mol. The van der Waals surface area contributed by atoms with Crippen molar-refractivity contribution >= 4 is 55.0 Å². The highest BCUT2D eigenvalue weighted by atomic mass is 35.5. The van der Waals surface area contributed by atoms with Crippen molar-refractivity contribution in [2.24, 2.45) is 12.8 Å². The Balaban J connectivity index is 1.51. The fourth-order valence-corrected chi connectivity index (χ4v) is 7.37. The van der Waals surface area contributed by atoms with Crippen LogP contribution in [0.5, 0.6) is 0 Å². The minimum absolute atomic E-state index is 0.0510. The molecule has 5 rings (SSSR count). The van der Waals surface area contributed by atoms with Crippen LogP contribution in [0.2, 0.25) is 5.02 Å². The lowest BCUT2D eigenvalue weighted by Gasteiger charge is -2.28. The van der Waals surface area contributed by atoms with E-state index in [9.17, 15) is 8.42 Å². The number of nitrogens with one attached hydrogen (secondary N) is 1. The molecule has 0 aliphatic rings. The van der Waals surface area contributed by atoms with Crippen LogP contribution in [0.3, 0.4) is 0 Å². The standard InChI is InChI=1S/C33H37ClN6O2S/c1-4-39(5-2)20-21-40(43(41,42)31-11-7-8-26-27(31)9-6-10-28(26)34)25-17-18-30-29(22-25)37-32(38(30)3)19-14-23-12-15-24(16-13-23)33(35)36/h6-13,15-18,22H,4-5,14,19-21H2,1-3H3,(H3,35,36). The molecule has 0 aliphatic carbocycles. The van der Waals surface area contributed by atoms with Gasteiger partial charge in [-0.1, -0.05) is 74.0 Å². The summed E-state index contributed by atoms with van der Waals surface area (Å²) in [5.74, 6) is 0.958. The molecule has 0 atom stereocenters. The van der Waals surface area contributed by atoms with E-state index in [1.54, 1.807) is 30.3 Å². The quantitative estimate of drug-likeness (QED) is 0.132. The van der Waals surface area contributed by atoms with Crippen molar-refractivity contribution in [3.63, 3.8) is 0 Å². The van der Waals surface area contributed by atoms with E-state index < -0.39 is 10.0 Å². The number of imidazole rings is 1. The Labute approximate surface area is 258 Å². The first kappa shape index (κ1) is 30.5. The number of nitrogens with zero attached hydrogens (tertiary/aromatic N) is 4. The van der Waals surface area contributed by atoms with E-state index in [4.69, 9.17) is 27.7 Å². The average Bonchev–Trinajstić information content (AvgIpc) is 3.32. The molecule has 5 aromatic rings. The lowest BCUT2D eigenvalue weighted by molar-refractivity contribution is 0.313. The lowest BCUT2D eigenvalue weighted by Crippen LogP contribution is -2.39. The molecule has 3 N–H and O–H groups in total. The van der Waals surface area contributed by atoms with Gasteiger partial charge < -0.3 is 15.2 Å². The number of anilines is 1. The zero-order chi connectivity index (χ0) is 30.7. The highest BCUT2D eigenvalue weighted by molar-refractivity contribution is 7.93. The number of aryl methyl sites for hydroxylation is 3. The Hall–Kier alpha value is -3.92. The zero-order valence-electron chi connectivity index (χ0n) is 24.7. The maximum atomic E-state index is 14.4. The number of amidine groups is 1. The van der Waals surface area contributed by atoms with Crippen LogP contribution in [0.1, 0.15) is 30.8 Å². The summed E-state index contributed by atoms with van der Waals surface area (Å²) in [6, 6.07) is 24.0. The second-order valence-electron chi connectivity index (χ2n) is 10.6. The van der Waals surface area contributed by atoms with Crippen LogP contribution in [-0.2, 0) is 29.9 Å². The summed E-state index contributed by atoms with van der Waals surface area (Å²) in [5, 5.41) is 9.41. The molecule has 0 saturated heterocycles. The minimum Gasteiger partial charge on any atom is -0.384 e. The highest BCUT2D eigenvalue weighted by Crippen LogP contribution is 2.33. The second-order valence-corrected chi connectivity index (χ2v) is 12.8. The van der Waals surface area contributed by atoms with Gasteiger partial charge in [0.05, 0.1) is 21.6 Å². The maximum Gasteiger partial charge on any atom is 0.264 e. The van der Waals surface area contributed by atoms with Gasteiger partial charge in [-0.2, -0.15) is 0 Å². The smallest absolute Gasteiger partial charge is 0.264 e. The van der Waals surface area contributed by atoms with Gasteiger partial charge >= 0.3 is 0 Å². The number of fused-ring (bicyclic) bond motifs is 2. The molecule has 0 amide bonds. The Morgan fingerprint density at radius 2 is 1.63 bits per heavy atom. The van der Waals surface area contributed by atoms with Crippen LogP contribution in [0.4, 0.5) is 5.69 Å². The number of nitrogens with two attached hydrogens (primary N) is 1. The number of halogens is 1. The van der Waals surface area contributed by atoms with Crippen molar-refractivity contribution in [3.8, 4) is 0 Å². The minimum atomic E-state index is -3.95. The predicted octanol–water partition coefficient (Wildman–Crippen LogP) is 5.99. The third kappa shape index (κ3) is 6.25. The van der Waals surface area contributed by atoms with Gasteiger partial charge in [-0.15, -0.1) is 0 Å². The van der Waals surface area contributed by atoms with Crippen LogP contribution < -0.4 is 10.0 Å². The van der Waals surface area contributed by atoms with Crippen LogP contribution in [0.15, 0.2) is 83.8 Å². The number of rotatable bonds is 12. The Morgan fingerprint density at radius 1 is 0.930 bits per heavy atom. The predicted molar refractivity (Wildman–Crippen MR) is 177 cm³/mol. The van der Waals surface area contributed by atoms with E-state index >= 15 is 0 Å². The van der Waals surface area contributed by atoms with Crippen molar-refractivity contribution in [2.45, 2.75) is 31.6 Å². The van der Waals surface area contributed by atoms with Gasteiger partial charge in [0.1, 0.15) is 11.7 Å². The van der Waals surface area contributed by atoms with Gasteiger partial charge in [0.15, 0.2) is 0 Å². The Kier molecular flexibility index (Phi) is 9.05. The maximum absolute atomic E-state index is 14.4.